The minimum Gasteiger partial charge on any atom is -0.496 e. The first kappa shape index (κ1) is 20.9. The van der Waals surface area contributed by atoms with Gasteiger partial charge >= 0.3 is 0 Å². The molecule has 3 N–H and O–H groups in total. The summed E-state index contributed by atoms with van der Waals surface area (Å²) >= 11 is 6.22. The van der Waals surface area contributed by atoms with Crippen LogP contribution in [0.25, 0.3) is 0 Å². The fourth-order valence-electron chi connectivity index (χ4n) is 5.34. The molecule has 2 saturated heterocycles. The zero-order chi connectivity index (χ0) is 22.8. The van der Waals surface area contributed by atoms with E-state index >= 15 is 0 Å². The number of anilines is 1. The van der Waals surface area contributed by atoms with Crippen molar-refractivity contribution < 1.29 is 24.2 Å². The molecule has 9 heteroatoms. The predicted octanol–water partition coefficient (Wildman–Crippen LogP) is 1.65. The Balaban J connectivity index is 1.62. The van der Waals surface area contributed by atoms with Gasteiger partial charge in [-0.15, -0.1) is 0 Å². The molecule has 3 unspecified atom stereocenters. The zero-order valence-corrected chi connectivity index (χ0v) is 18.2. The van der Waals surface area contributed by atoms with Crippen LogP contribution in [-0.2, 0) is 26.5 Å². The average Bonchev–Trinajstić information content (AvgIpc) is 3.35. The van der Waals surface area contributed by atoms with Crippen LogP contribution in [0.3, 0.4) is 0 Å². The van der Waals surface area contributed by atoms with Crippen LogP contribution in [0.1, 0.15) is 18.1 Å². The lowest BCUT2D eigenvalue weighted by Crippen LogP contribution is -2.54. The summed E-state index contributed by atoms with van der Waals surface area (Å²) in [5.74, 6) is -2.68. The number of nitrogens with zero attached hydrogens (tertiary/aromatic N) is 1. The lowest BCUT2D eigenvalue weighted by atomic mass is 9.76. The molecule has 1 spiro atoms. The number of amides is 3. The van der Waals surface area contributed by atoms with Crippen LogP contribution < -0.4 is 15.4 Å². The molecule has 3 aliphatic heterocycles. The number of benzene rings is 2. The van der Waals surface area contributed by atoms with Gasteiger partial charge in [0.15, 0.2) is 0 Å². The van der Waals surface area contributed by atoms with Gasteiger partial charge in [0, 0.05) is 27.9 Å². The third-order valence-corrected chi connectivity index (χ3v) is 6.98. The molecule has 2 fully saturated rings. The van der Waals surface area contributed by atoms with Gasteiger partial charge < -0.3 is 15.2 Å². The standard InChI is InChI=1S/C23H22ClN3O5/c1-11(28)19-17-18(23(26-19)14-9-13(24)7-8-15(14)25-22(23)31)21(30)27(20(17)29)10-12-5-3-4-6-16(12)32-2/h3-9,11,17-19,26,28H,10H2,1-2H3,(H,25,31)/t11?,17-,18-,19?,23?/m0/s1. The largest absolute Gasteiger partial charge is 0.496 e. The van der Waals surface area contributed by atoms with Crippen molar-refractivity contribution in [3.63, 3.8) is 0 Å². The number of carbonyl (C=O) groups excluding carboxylic acids is 3. The number of aliphatic hydroxyl groups is 1. The molecular formula is C23H22ClN3O5. The summed E-state index contributed by atoms with van der Waals surface area (Å²) in [6.07, 6.45) is -0.971. The molecular weight excluding hydrogens is 434 g/mol. The quantitative estimate of drug-likeness (QED) is 0.605. The minimum absolute atomic E-state index is 0.0152. The molecule has 3 aliphatic rings. The maximum atomic E-state index is 13.7. The van der Waals surface area contributed by atoms with E-state index < -0.39 is 47.2 Å². The van der Waals surface area contributed by atoms with Crippen LogP contribution in [0, 0.1) is 11.8 Å². The van der Waals surface area contributed by atoms with E-state index in [1.165, 1.54) is 12.0 Å². The maximum absolute atomic E-state index is 13.7. The molecule has 32 heavy (non-hydrogen) atoms. The van der Waals surface area contributed by atoms with E-state index in [1.807, 2.05) is 0 Å². The van der Waals surface area contributed by atoms with Crippen molar-refractivity contribution in [3.8, 4) is 5.75 Å². The molecule has 3 heterocycles. The monoisotopic (exact) mass is 455 g/mol. The van der Waals surface area contributed by atoms with Gasteiger partial charge in [-0.25, -0.2) is 0 Å². The summed E-state index contributed by atoms with van der Waals surface area (Å²) in [6, 6.07) is 11.3. The highest BCUT2D eigenvalue weighted by Gasteiger charge is 2.71. The van der Waals surface area contributed by atoms with Gasteiger partial charge in [0.25, 0.3) is 0 Å². The van der Waals surface area contributed by atoms with Crippen molar-refractivity contribution in [2.75, 3.05) is 12.4 Å². The highest BCUT2D eigenvalue weighted by Crippen LogP contribution is 2.54. The van der Waals surface area contributed by atoms with Gasteiger partial charge in [0.05, 0.1) is 31.6 Å². The minimum atomic E-state index is -1.49. The Kier molecular flexibility index (Phi) is 4.77. The number of fused-ring (bicyclic) bond motifs is 4. The number of nitrogens with one attached hydrogen (secondary N) is 2. The van der Waals surface area contributed by atoms with Gasteiger partial charge in [0.2, 0.25) is 17.7 Å². The summed E-state index contributed by atoms with van der Waals surface area (Å²) in [5.41, 5.74) is 0.217. The molecule has 3 amide bonds. The van der Waals surface area contributed by atoms with Crippen LogP contribution in [0.2, 0.25) is 5.02 Å². The molecule has 0 aromatic heterocycles. The maximum Gasteiger partial charge on any atom is 0.250 e. The molecule has 2 aromatic rings. The Bertz CT molecular complexity index is 1150. The summed E-state index contributed by atoms with van der Waals surface area (Å²) in [5, 5.41) is 16.8. The van der Waals surface area contributed by atoms with Gasteiger partial charge in [-0.3, -0.25) is 24.6 Å². The lowest BCUT2D eigenvalue weighted by Gasteiger charge is -2.30. The number of halogens is 1. The van der Waals surface area contributed by atoms with Crippen molar-refractivity contribution in [1.29, 1.82) is 0 Å². The number of para-hydroxylation sites is 1. The molecule has 5 rings (SSSR count). The molecule has 0 radical (unpaired) electrons. The SMILES string of the molecule is COc1ccccc1CN1C(=O)[C@@H]2C(C(C)O)NC3(C(=O)Nc4ccc(Cl)cc43)[C@@H]2C1=O. The normalized spacial score (nSPS) is 29.3. The number of methoxy groups -OCH3 is 1. The number of hydrogen-bond acceptors (Lipinski definition) is 6. The first-order valence-electron chi connectivity index (χ1n) is 10.3. The predicted molar refractivity (Wildman–Crippen MR) is 116 cm³/mol. The number of hydrogen-bond donors (Lipinski definition) is 3. The van der Waals surface area contributed by atoms with E-state index in [9.17, 15) is 19.5 Å². The topological polar surface area (TPSA) is 108 Å². The van der Waals surface area contributed by atoms with E-state index in [2.05, 4.69) is 10.6 Å². The number of imide groups is 1. The number of carbonyl (C=O) groups is 3. The number of likely N-dealkylation sites (tertiary alicyclic amines) is 1. The third-order valence-electron chi connectivity index (χ3n) is 6.74. The van der Waals surface area contributed by atoms with Crippen molar-refractivity contribution in [2.45, 2.75) is 31.2 Å². The van der Waals surface area contributed by atoms with Crippen molar-refractivity contribution in [2.24, 2.45) is 11.8 Å². The summed E-state index contributed by atoms with van der Waals surface area (Å²) < 4.78 is 5.37. The second-order valence-corrected chi connectivity index (χ2v) is 8.88. The average molecular weight is 456 g/mol. The van der Waals surface area contributed by atoms with E-state index in [-0.39, 0.29) is 6.54 Å². The summed E-state index contributed by atoms with van der Waals surface area (Å²) in [6.45, 7) is 1.56. The van der Waals surface area contributed by atoms with Crippen LogP contribution in [0.4, 0.5) is 5.69 Å². The molecule has 0 saturated carbocycles. The summed E-state index contributed by atoms with van der Waals surface area (Å²) in [7, 11) is 1.52. The van der Waals surface area contributed by atoms with Crippen molar-refractivity contribution in [1.82, 2.24) is 10.2 Å². The van der Waals surface area contributed by atoms with Gasteiger partial charge in [-0.05, 0) is 31.2 Å². The van der Waals surface area contributed by atoms with Crippen LogP contribution in [0.15, 0.2) is 42.5 Å². The Labute approximate surface area is 189 Å². The van der Waals surface area contributed by atoms with Crippen LogP contribution in [0.5, 0.6) is 5.75 Å². The smallest absolute Gasteiger partial charge is 0.250 e. The van der Waals surface area contributed by atoms with E-state index in [1.54, 1.807) is 49.4 Å². The van der Waals surface area contributed by atoms with Crippen LogP contribution in [-0.4, -0.2) is 47.0 Å². The Hall–Kier alpha value is -2.94. The summed E-state index contributed by atoms with van der Waals surface area (Å²) in [4.78, 5) is 41.7. The lowest BCUT2D eigenvalue weighted by molar-refractivity contribution is -0.143. The number of rotatable bonds is 4. The molecule has 5 atom stereocenters. The van der Waals surface area contributed by atoms with E-state index in [4.69, 9.17) is 16.3 Å². The number of ether oxygens (including phenoxy) is 1. The number of aliphatic hydroxyl groups excluding tert-OH is 1. The Morgan fingerprint density at radius 1 is 1.19 bits per heavy atom. The van der Waals surface area contributed by atoms with Crippen molar-refractivity contribution >= 4 is 35.0 Å². The van der Waals surface area contributed by atoms with Crippen LogP contribution >= 0.6 is 11.6 Å². The molecule has 0 aliphatic carbocycles. The molecule has 166 valence electrons. The highest BCUT2D eigenvalue weighted by molar-refractivity contribution is 6.31. The fraction of sp³-hybridized carbons (Fsp3) is 0.348. The van der Waals surface area contributed by atoms with Gasteiger partial charge in [-0.1, -0.05) is 29.8 Å². The first-order chi connectivity index (χ1) is 15.3. The van der Waals surface area contributed by atoms with E-state index in [0.717, 1.165) is 0 Å². The highest BCUT2D eigenvalue weighted by atomic mass is 35.5. The molecule has 8 nitrogen and oxygen atoms in total. The van der Waals surface area contributed by atoms with Crippen molar-refractivity contribution in [3.05, 3.63) is 58.6 Å². The Morgan fingerprint density at radius 3 is 2.66 bits per heavy atom. The second kappa shape index (κ2) is 7.30. The Morgan fingerprint density at radius 2 is 1.94 bits per heavy atom. The van der Waals surface area contributed by atoms with E-state index in [0.29, 0.717) is 27.6 Å². The fourth-order valence-corrected chi connectivity index (χ4v) is 5.51. The van der Waals surface area contributed by atoms with Gasteiger partial charge in [-0.2, -0.15) is 0 Å². The second-order valence-electron chi connectivity index (χ2n) is 8.44. The molecule has 2 aromatic carbocycles. The van der Waals surface area contributed by atoms with Gasteiger partial charge in [0.1, 0.15) is 11.3 Å². The first-order valence-corrected chi connectivity index (χ1v) is 10.7. The third kappa shape index (κ3) is 2.73. The molecule has 0 bridgehead atoms. The zero-order valence-electron chi connectivity index (χ0n) is 17.5.